The summed E-state index contributed by atoms with van der Waals surface area (Å²) in [4.78, 5) is 8.84. The molecule has 0 unspecified atom stereocenters. The maximum Gasteiger partial charge on any atom is 0.133 e. The minimum Gasteiger partial charge on any atom is -0.366 e. The van der Waals surface area contributed by atoms with Crippen LogP contribution in [-0.2, 0) is 13.1 Å². The molecule has 0 bridgehead atoms. The Hall–Kier alpha value is -2.01. The van der Waals surface area contributed by atoms with Gasteiger partial charge in [-0.2, -0.15) is 0 Å². The van der Waals surface area contributed by atoms with E-state index >= 15 is 0 Å². The van der Waals surface area contributed by atoms with Crippen LogP contribution in [0.5, 0.6) is 0 Å². The van der Waals surface area contributed by atoms with Gasteiger partial charge in [0.15, 0.2) is 0 Å². The molecule has 1 heterocycles. The molecule has 0 atom stereocenters. The third kappa shape index (κ3) is 3.98. The Labute approximate surface area is 124 Å². The molecule has 21 heavy (non-hydrogen) atoms. The first kappa shape index (κ1) is 15.4. The van der Waals surface area contributed by atoms with Crippen molar-refractivity contribution in [1.82, 2.24) is 9.97 Å². The van der Waals surface area contributed by atoms with Crippen LogP contribution >= 0.6 is 0 Å². The highest BCUT2D eigenvalue weighted by molar-refractivity contribution is 5.38. The van der Waals surface area contributed by atoms with Gasteiger partial charge in [-0.15, -0.1) is 0 Å². The Morgan fingerprint density at radius 1 is 1.24 bits per heavy atom. The molecule has 2 rings (SSSR count). The number of aryl methyl sites for hydroxylation is 1. The maximum absolute atomic E-state index is 13.9. The molecule has 0 aliphatic carbocycles. The van der Waals surface area contributed by atoms with E-state index in [1.54, 1.807) is 6.07 Å². The van der Waals surface area contributed by atoms with E-state index in [1.807, 2.05) is 32.9 Å². The lowest BCUT2D eigenvalue weighted by Crippen LogP contribution is -2.08. The maximum atomic E-state index is 13.9. The summed E-state index contributed by atoms with van der Waals surface area (Å²) in [5.74, 6) is 1.51. The number of nitrogens with two attached hydrogens (primary N) is 1. The van der Waals surface area contributed by atoms with Crippen molar-refractivity contribution in [2.24, 2.45) is 5.73 Å². The average Bonchev–Trinajstić information content (AvgIpc) is 2.45. The van der Waals surface area contributed by atoms with Crippen LogP contribution in [0.3, 0.4) is 0 Å². The van der Waals surface area contributed by atoms with Gasteiger partial charge in [-0.25, -0.2) is 14.4 Å². The first-order valence-corrected chi connectivity index (χ1v) is 7.06. The molecule has 0 spiro atoms. The minimum atomic E-state index is -0.250. The van der Waals surface area contributed by atoms with Crippen LogP contribution in [0.4, 0.5) is 10.2 Å². The van der Waals surface area contributed by atoms with E-state index in [4.69, 9.17) is 5.73 Å². The van der Waals surface area contributed by atoms with E-state index in [9.17, 15) is 4.39 Å². The number of anilines is 1. The lowest BCUT2D eigenvalue weighted by Gasteiger charge is -2.11. The molecule has 1 aromatic heterocycles. The van der Waals surface area contributed by atoms with Crippen LogP contribution in [0, 0.1) is 12.7 Å². The highest BCUT2D eigenvalue weighted by Gasteiger charge is 2.07. The molecular formula is C16H21FN4. The van der Waals surface area contributed by atoms with E-state index < -0.39 is 0 Å². The predicted octanol–water partition coefficient (Wildman–Crippen LogP) is 3.12. The lowest BCUT2D eigenvalue weighted by atomic mass is 10.1. The number of aromatic nitrogens is 2. The molecule has 0 radical (unpaired) electrons. The highest BCUT2D eigenvalue weighted by Crippen LogP contribution is 2.16. The van der Waals surface area contributed by atoms with Crippen molar-refractivity contribution in [3.63, 3.8) is 0 Å². The number of nitrogens with one attached hydrogen (secondary N) is 1. The van der Waals surface area contributed by atoms with Crippen LogP contribution in [-0.4, -0.2) is 9.97 Å². The van der Waals surface area contributed by atoms with Gasteiger partial charge >= 0.3 is 0 Å². The summed E-state index contributed by atoms with van der Waals surface area (Å²) in [6.07, 6.45) is 0. The summed E-state index contributed by atoms with van der Waals surface area (Å²) in [7, 11) is 0. The zero-order chi connectivity index (χ0) is 15.4. The molecule has 0 aliphatic rings. The highest BCUT2D eigenvalue weighted by atomic mass is 19.1. The van der Waals surface area contributed by atoms with Crippen LogP contribution in [0.25, 0.3) is 0 Å². The largest absolute Gasteiger partial charge is 0.366 e. The fourth-order valence-electron chi connectivity index (χ4n) is 1.99. The SMILES string of the molecule is Cc1cc(NCc2ccc(CN)cc2F)nc(C(C)C)n1. The van der Waals surface area contributed by atoms with Crippen molar-refractivity contribution in [2.75, 3.05) is 5.32 Å². The zero-order valence-corrected chi connectivity index (χ0v) is 12.7. The van der Waals surface area contributed by atoms with Crippen molar-refractivity contribution in [3.8, 4) is 0 Å². The molecular weight excluding hydrogens is 267 g/mol. The smallest absolute Gasteiger partial charge is 0.133 e. The Morgan fingerprint density at radius 3 is 2.62 bits per heavy atom. The van der Waals surface area contributed by atoms with Gasteiger partial charge in [0.2, 0.25) is 0 Å². The topological polar surface area (TPSA) is 63.8 Å². The molecule has 2 aromatic rings. The van der Waals surface area contributed by atoms with Crippen LogP contribution in [0.1, 0.15) is 42.4 Å². The Bertz CT molecular complexity index is 626. The van der Waals surface area contributed by atoms with E-state index in [0.29, 0.717) is 24.5 Å². The van der Waals surface area contributed by atoms with E-state index in [0.717, 1.165) is 17.1 Å². The summed E-state index contributed by atoms with van der Waals surface area (Å²) in [6, 6.07) is 6.92. The first-order valence-electron chi connectivity index (χ1n) is 7.06. The van der Waals surface area contributed by atoms with Crippen molar-refractivity contribution < 1.29 is 4.39 Å². The lowest BCUT2D eigenvalue weighted by molar-refractivity contribution is 0.610. The summed E-state index contributed by atoms with van der Waals surface area (Å²) in [5.41, 5.74) is 7.77. The Morgan fingerprint density at radius 2 is 2.00 bits per heavy atom. The Balaban J connectivity index is 2.13. The quantitative estimate of drug-likeness (QED) is 0.887. The van der Waals surface area contributed by atoms with Gasteiger partial charge in [-0.1, -0.05) is 26.0 Å². The second-order valence-corrected chi connectivity index (χ2v) is 5.39. The van der Waals surface area contributed by atoms with Gasteiger partial charge in [-0.3, -0.25) is 0 Å². The molecule has 1 aromatic carbocycles. The molecule has 0 saturated carbocycles. The summed E-state index contributed by atoms with van der Waals surface area (Å²) in [6.45, 7) is 6.74. The number of halogens is 1. The number of nitrogens with zero attached hydrogens (tertiary/aromatic N) is 2. The second kappa shape index (κ2) is 6.63. The Kier molecular flexibility index (Phi) is 4.85. The molecule has 3 N–H and O–H groups in total. The van der Waals surface area contributed by atoms with E-state index in [-0.39, 0.29) is 11.7 Å². The molecule has 5 heteroatoms. The van der Waals surface area contributed by atoms with Gasteiger partial charge in [-0.05, 0) is 18.6 Å². The molecule has 0 fully saturated rings. The fourth-order valence-corrected chi connectivity index (χ4v) is 1.99. The van der Waals surface area contributed by atoms with Crippen molar-refractivity contribution in [3.05, 3.63) is 52.7 Å². The van der Waals surface area contributed by atoms with Crippen LogP contribution in [0.2, 0.25) is 0 Å². The van der Waals surface area contributed by atoms with Gasteiger partial charge in [0.1, 0.15) is 17.5 Å². The van der Waals surface area contributed by atoms with Gasteiger partial charge in [0.05, 0.1) is 0 Å². The molecule has 4 nitrogen and oxygen atoms in total. The fraction of sp³-hybridized carbons (Fsp3) is 0.375. The summed E-state index contributed by atoms with van der Waals surface area (Å²) < 4.78 is 13.9. The van der Waals surface area contributed by atoms with Crippen LogP contribution in [0.15, 0.2) is 24.3 Å². The standard InChI is InChI=1S/C16H21FN4/c1-10(2)16-20-11(3)6-15(21-16)19-9-13-5-4-12(8-18)7-14(13)17/h4-7,10H,8-9,18H2,1-3H3,(H,19,20,21). The van der Waals surface area contributed by atoms with E-state index in [1.165, 1.54) is 6.07 Å². The van der Waals surface area contributed by atoms with Gasteiger partial charge < -0.3 is 11.1 Å². The summed E-state index contributed by atoms with van der Waals surface area (Å²) in [5, 5.41) is 3.15. The third-order valence-corrected chi connectivity index (χ3v) is 3.20. The number of rotatable bonds is 5. The van der Waals surface area contributed by atoms with Crippen molar-refractivity contribution >= 4 is 5.82 Å². The predicted molar refractivity (Wildman–Crippen MR) is 82.5 cm³/mol. The third-order valence-electron chi connectivity index (χ3n) is 3.20. The molecule has 0 amide bonds. The summed E-state index contributed by atoms with van der Waals surface area (Å²) >= 11 is 0. The first-order chi connectivity index (χ1) is 9.99. The van der Waals surface area contributed by atoms with E-state index in [2.05, 4.69) is 15.3 Å². The average molecular weight is 288 g/mol. The van der Waals surface area contributed by atoms with Crippen molar-refractivity contribution in [1.29, 1.82) is 0 Å². The van der Waals surface area contributed by atoms with Gasteiger partial charge in [0, 0.05) is 36.3 Å². The normalized spacial score (nSPS) is 11.0. The monoisotopic (exact) mass is 288 g/mol. The van der Waals surface area contributed by atoms with Crippen molar-refractivity contribution in [2.45, 2.75) is 39.8 Å². The number of benzene rings is 1. The molecule has 0 aliphatic heterocycles. The van der Waals surface area contributed by atoms with Crippen LogP contribution < -0.4 is 11.1 Å². The minimum absolute atomic E-state index is 0.250. The van der Waals surface area contributed by atoms with Gasteiger partial charge in [0.25, 0.3) is 0 Å². The molecule has 0 saturated heterocycles. The number of hydrogen-bond acceptors (Lipinski definition) is 4. The molecule has 112 valence electrons. The second-order valence-electron chi connectivity index (χ2n) is 5.39. The zero-order valence-electron chi connectivity index (χ0n) is 12.7. The number of hydrogen-bond donors (Lipinski definition) is 2.